The number of fused-ring (bicyclic) bond motifs is 1. The number of amides is 1. The Bertz CT molecular complexity index is 1360. The smallest absolute Gasteiger partial charge is 0.338 e. The van der Waals surface area contributed by atoms with Crippen LogP contribution in [0.1, 0.15) is 40.4 Å². The maximum atomic E-state index is 13.2. The van der Waals surface area contributed by atoms with Crippen LogP contribution in [0.2, 0.25) is 0 Å². The molecule has 5 nitrogen and oxygen atoms in total. The van der Waals surface area contributed by atoms with Crippen molar-refractivity contribution in [2.24, 2.45) is 7.05 Å². The van der Waals surface area contributed by atoms with Crippen molar-refractivity contribution >= 4 is 16.9 Å². The lowest BCUT2D eigenvalue weighted by Crippen LogP contribution is -2.39. The van der Waals surface area contributed by atoms with Gasteiger partial charge in [-0.3, -0.25) is 9.78 Å². The molecule has 4 aromatic rings. The molecule has 1 saturated heterocycles. The Morgan fingerprint density at radius 1 is 1.06 bits per heavy atom. The minimum atomic E-state index is -4.41. The van der Waals surface area contributed by atoms with Gasteiger partial charge < -0.3 is 9.47 Å². The van der Waals surface area contributed by atoms with Crippen molar-refractivity contribution in [2.75, 3.05) is 13.1 Å². The van der Waals surface area contributed by atoms with Gasteiger partial charge in [0, 0.05) is 42.9 Å². The number of benzene rings is 2. The van der Waals surface area contributed by atoms with E-state index in [9.17, 15) is 18.0 Å². The zero-order chi connectivity index (χ0) is 23.9. The molecule has 0 unspecified atom stereocenters. The van der Waals surface area contributed by atoms with E-state index in [1.54, 1.807) is 18.5 Å². The van der Waals surface area contributed by atoms with E-state index in [4.69, 9.17) is 0 Å². The Hall–Kier alpha value is -3.68. The lowest BCUT2D eigenvalue weighted by atomic mass is 9.93. The molecule has 8 heteroatoms. The van der Waals surface area contributed by atoms with Crippen molar-refractivity contribution in [1.82, 2.24) is 19.4 Å². The second kappa shape index (κ2) is 8.59. The van der Waals surface area contributed by atoms with Crippen molar-refractivity contribution < 1.29 is 18.0 Å². The number of pyridine rings is 1. The third kappa shape index (κ3) is 4.27. The summed E-state index contributed by atoms with van der Waals surface area (Å²) in [6, 6.07) is 16.2. The Kier molecular flexibility index (Phi) is 5.59. The molecule has 0 spiro atoms. The van der Waals surface area contributed by atoms with Crippen molar-refractivity contribution in [3.05, 3.63) is 83.8 Å². The molecule has 0 aliphatic carbocycles. The van der Waals surface area contributed by atoms with Gasteiger partial charge in [-0.05, 0) is 55.3 Å². The highest BCUT2D eigenvalue weighted by Gasteiger charge is 2.31. The average Bonchev–Trinajstić information content (AvgIpc) is 3.23. The van der Waals surface area contributed by atoms with Crippen molar-refractivity contribution in [1.29, 1.82) is 0 Å². The predicted molar refractivity (Wildman–Crippen MR) is 123 cm³/mol. The predicted octanol–water partition coefficient (Wildman–Crippen LogP) is 5.67. The molecular formula is C26H23F3N4O. The number of nitrogens with zero attached hydrogens (tertiary/aromatic N) is 4. The van der Waals surface area contributed by atoms with Gasteiger partial charge in [0.1, 0.15) is 0 Å². The Balaban J connectivity index is 1.37. The first-order chi connectivity index (χ1) is 16.3. The number of piperidine rings is 1. The van der Waals surface area contributed by atoms with E-state index in [0.717, 1.165) is 41.7 Å². The van der Waals surface area contributed by atoms with Gasteiger partial charge in [0.2, 0.25) is 0 Å². The van der Waals surface area contributed by atoms with E-state index < -0.39 is 11.7 Å². The summed E-state index contributed by atoms with van der Waals surface area (Å²) < 4.78 is 41.3. The SMILES string of the molecule is Cn1cnc2cc(C(=O)N3CCC[C@@H](c4cccc(-c5cccc(C(F)(F)F)c5)n4)C3)ccc21. The topological polar surface area (TPSA) is 51.0 Å². The first kappa shape index (κ1) is 22.1. The van der Waals surface area contributed by atoms with E-state index >= 15 is 0 Å². The summed E-state index contributed by atoms with van der Waals surface area (Å²) in [7, 11) is 1.91. The van der Waals surface area contributed by atoms with Crippen LogP contribution in [0, 0.1) is 0 Å². The maximum Gasteiger partial charge on any atom is 0.416 e. The van der Waals surface area contributed by atoms with Crippen LogP contribution in [0.5, 0.6) is 0 Å². The minimum absolute atomic E-state index is 0.0158. The second-order valence-electron chi connectivity index (χ2n) is 8.68. The van der Waals surface area contributed by atoms with Crippen LogP contribution in [0.4, 0.5) is 13.2 Å². The molecule has 5 rings (SSSR count). The highest BCUT2D eigenvalue weighted by Crippen LogP contribution is 2.33. The molecule has 1 fully saturated rings. The summed E-state index contributed by atoms with van der Waals surface area (Å²) in [5, 5.41) is 0. The number of carbonyl (C=O) groups excluding carboxylic acids is 1. The van der Waals surface area contributed by atoms with Crippen LogP contribution in [0.25, 0.3) is 22.3 Å². The molecule has 174 valence electrons. The fourth-order valence-electron chi connectivity index (χ4n) is 4.55. The number of rotatable bonds is 3. The number of hydrogen-bond acceptors (Lipinski definition) is 3. The average molecular weight is 464 g/mol. The van der Waals surface area contributed by atoms with E-state index in [0.29, 0.717) is 29.9 Å². The number of alkyl halides is 3. The molecule has 0 saturated carbocycles. The number of hydrogen-bond donors (Lipinski definition) is 0. The molecule has 2 aromatic heterocycles. The lowest BCUT2D eigenvalue weighted by Gasteiger charge is -2.32. The summed E-state index contributed by atoms with van der Waals surface area (Å²) in [6.07, 6.45) is -0.991. The van der Waals surface area contributed by atoms with E-state index in [2.05, 4.69) is 9.97 Å². The van der Waals surface area contributed by atoms with Gasteiger partial charge in [-0.25, -0.2) is 4.98 Å². The van der Waals surface area contributed by atoms with Crippen LogP contribution in [0.3, 0.4) is 0 Å². The third-order valence-electron chi connectivity index (χ3n) is 6.36. The largest absolute Gasteiger partial charge is 0.416 e. The van der Waals surface area contributed by atoms with E-state index in [-0.39, 0.29) is 11.8 Å². The monoisotopic (exact) mass is 464 g/mol. The molecule has 0 bridgehead atoms. The fourth-order valence-corrected chi connectivity index (χ4v) is 4.55. The van der Waals surface area contributed by atoms with Gasteiger partial charge in [0.15, 0.2) is 0 Å². The Morgan fingerprint density at radius 2 is 1.88 bits per heavy atom. The summed E-state index contributed by atoms with van der Waals surface area (Å²) >= 11 is 0. The quantitative estimate of drug-likeness (QED) is 0.392. The second-order valence-corrected chi connectivity index (χ2v) is 8.68. The Morgan fingerprint density at radius 3 is 2.71 bits per heavy atom. The van der Waals surface area contributed by atoms with Crippen molar-refractivity contribution in [3.8, 4) is 11.3 Å². The van der Waals surface area contributed by atoms with Crippen LogP contribution >= 0.6 is 0 Å². The minimum Gasteiger partial charge on any atom is -0.338 e. The maximum absolute atomic E-state index is 13.2. The highest BCUT2D eigenvalue weighted by molar-refractivity contribution is 5.97. The van der Waals surface area contributed by atoms with Gasteiger partial charge in [-0.15, -0.1) is 0 Å². The third-order valence-corrected chi connectivity index (χ3v) is 6.36. The summed E-state index contributed by atoms with van der Waals surface area (Å²) in [4.78, 5) is 24.1. The summed E-state index contributed by atoms with van der Waals surface area (Å²) in [5.74, 6) is -0.0340. The van der Waals surface area contributed by atoms with Crippen molar-refractivity contribution in [2.45, 2.75) is 24.9 Å². The van der Waals surface area contributed by atoms with Gasteiger partial charge in [-0.1, -0.05) is 18.2 Å². The van der Waals surface area contributed by atoms with Gasteiger partial charge in [0.05, 0.1) is 28.6 Å². The number of carbonyl (C=O) groups is 1. The molecule has 0 radical (unpaired) electrons. The zero-order valence-electron chi connectivity index (χ0n) is 18.6. The number of halogens is 3. The molecular weight excluding hydrogens is 441 g/mol. The van der Waals surface area contributed by atoms with Crippen molar-refractivity contribution in [3.63, 3.8) is 0 Å². The first-order valence-corrected chi connectivity index (χ1v) is 11.1. The normalized spacial score (nSPS) is 16.7. The highest BCUT2D eigenvalue weighted by atomic mass is 19.4. The van der Waals surface area contributed by atoms with E-state index in [1.807, 2.05) is 46.8 Å². The van der Waals surface area contributed by atoms with E-state index in [1.165, 1.54) is 6.07 Å². The van der Waals surface area contributed by atoms with Gasteiger partial charge in [0.25, 0.3) is 5.91 Å². The molecule has 3 heterocycles. The van der Waals surface area contributed by atoms with Crippen LogP contribution in [0.15, 0.2) is 67.0 Å². The fraction of sp³-hybridized carbons (Fsp3) is 0.269. The van der Waals surface area contributed by atoms with Crippen LogP contribution in [-0.4, -0.2) is 38.4 Å². The molecule has 1 atom stereocenters. The van der Waals surface area contributed by atoms with Crippen LogP contribution < -0.4 is 0 Å². The molecule has 34 heavy (non-hydrogen) atoms. The number of aryl methyl sites for hydroxylation is 1. The standard InChI is InChI=1S/C26H23F3N4O/c1-32-16-30-23-14-18(10-11-24(23)32)25(34)33-12-4-6-19(15-33)22-9-3-8-21(31-22)17-5-2-7-20(13-17)26(27,28)29/h2-3,5,7-11,13-14,16,19H,4,6,12,15H2,1H3/t19-/m1/s1. The molecule has 1 aliphatic heterocycles. The van der Waals surface area contributed by atoms with Gasteiger partial charge >= 0.3 is 6.18 Å². The van der Waals surface area contributed by atoms with Gasteiger partial charge in [-0.2, -0.15) is 13.2 Å². The summed E-state index contributed by atoms with van der Waals surface area (Å²) in [5.41, 5.74) is 3.33. The van der Waals surface area contributed by atoms with Crippen LogP contribution in [-0.2, 0) is 13.2 Å². The molecule has 1 aliphatic rings. The zero-order valence-corrected chi connectivity index (χ0v) is 18.6. The number of aromatic nitrogens is 3. The summed E-state index contributed by atoms with van der Waals surface area (Å²) in [6.45, 7) is 1.17. The number of imidazole rings is 1. The first-order valence-electron chi connectivity index (χ1n) is 11.1. The molecule has 0 N–H and O–H groups in total. The Labute approximate surface area is 194 Å². The molecule has 2 aromatic carbocycles. The molecule has 1 amide bonds. The lowest BCUT2D eigenvalue weighted by molar-refractivity contribution is -0.137. The number of likely N-dealkylation sites (tertiary alicyclic amines) is 1.